The molecule has 3 unspecified atom stereocenters. The van der Waals surface area contributed by atoms with E-state index in [0.717, 1.165) is 38.5 Å². The van der Waals surface area contributed by atoms with Crippen molar-refractivity contribution < 1.29 is 70.6 Å². The normalized spacial score (nSPS) is 13.6. The van der Waals surface area contributed by atoms with Crippen LogP contribution >= 0.6 is 41.0 Å². The molecule has 0 aromatic carbocycles. The van der Waals surface area contributed by atoms with Crippen molar-refractivity contribution in [3.63, 3.8) is 0 Å². The van der Waals surface area contributed by atoms with Gasteiger partial charge in [-0.1, -0.05) is 25.7 Å². The lowest BCUT2D eigenvalue weighted by Crippen LogP contribution is -2.29. The van der Waals surface area contributed by atoms with Gasteiger partial charge in [-0.15, -0.1) is 28.3 Å². The molecule has 3 atom stereocenters. The Hall–Kier alpha value is 0.400. The molecule has 18 nitrogen and oxygen atoms in total. The van der Waals surface area contributed by atoms with Gasteiger partial charge in [0.2, 0.25) is 0 Å². The molecule has 236 valence electrons. The van der Waals surface area contributed by atoms with Gasteiger partial charge in [-0.3, -0.25) is 18.9 Å². The third-order valence-electron chi connectivity index (χ3n) is 5.19. The van der Waals surface area contributed by atoms with Crippen LogP contribution in [0.25, 0.3) is 0 Å². The van der Waals surface area contributed by atoms with Gasteiger partial charge in [-0.05, 0) is 25.7 Å². The summed E-state index contributed by atoms with van der Waals surface area (Å²) < 4.78 is 62.4. The lowest BCUT2D eigenvalue weighted by Gasteiger charge is -2.22. The summed E-state index contributed by atoms with van der Waals surface area (Å²) in [5, 5.41) is 0. The third-order valence-corrected chi connectivity index (χ3v) is 7.31. The minimum absolute atomic E-state index is 0.0223. The Morgan fingerprint density at radius 2 is 0.925 bits per heavy atom. The van der Waals surface area contributed by atoms with E-state index >= 15 is 0 Å². The molecule has 0 saturated carbocycles. The third kappa shape index (κ3) is 28.5. The Balaban J connectivity index is 4.34. The Kier molecular flexibility index (Phi) is 25.0. The highest BCUT2D eigenvalue weighted by molar-refractivity contribution is 7.51. The van der Waals surface area contributed by atoms with Gasteiger partial charge >= 0.3 is 41.0 Å². The number of nitrogens with zero attached hydrogens (tertiary/aromatic N) is 3. The predicted molar refractivity (Wildman–Crippen MR) is 143 cm³/mol. The first-order chi connectivity index (χ1) is 18.8. The van der Waals surface area contributed by atoms with Crippen molar-refractivity contribution in [2.24, 2.45) is 0 Å². The lowest BCUT2D eigenvalue weighted by molar-refractivity contribution is 0.0491. The van der Waals surface area contributed by atoms with Crippen LogP contribution in [0.1, 0.15) is 51.4 Å². The maximum absolute atomic E-state index is 11.3. The van der Waals surface area contributed by atoms with Crippen LogP contribution in [-0.2, 0) is 36.4 Å². The lowest BCUT2D eigenvalue weighted by atomic mass is 10.1. The van der Waals surface area contributed by atoms with Crippen molar-refractivity contribution in [2.75, 3.05) is 59.4 Å². The molecule has 0 aromatic rings. The highest BCUT2D eigenvalue weighted by Crippen LogP contribution is 2.36. The molecule has 0 aliphatic heterocycles. The monoisotopic (exact) mass is 682 g/mol. The number of unbranched alkanes of at least 4 members (excludes halogenated alkanes) is 6. The molecule has 7 N–H and O–H groups in total. The van der Waals surface area contributed by atoms with Crippen molar-refractivity contribution in [3.8, 4) is 0 Å². The molecule has 0 spiro atoms. The van der Waals surface area contributed by atoms with Crippen molar-refractivity contribution in [3.05, 3.63) is 0 Å². The minimum Gasteiger partial charge on any atom is -0.328 e. The summed E-state index contributed by atoms with van der Waals surface area (Å²) in [5.41, 5.74) is 0. The Morgan fingerprint density at radius 3 is 1.27 bits per heavy atom. The summed E-state index contributed by atoms with van der Waals surface area (Å²) in [4.78, 5) is 67.2. The summed E-state index contributed by atoms with van der Waals surface area (Å²) in [6, 6.07) is 0. The molecule has 0 rings (SSSR count). The van der Waals surface area contributed by atoms with E-state index in [1.54, 1.807) is 0 Å². The fourth-order valence-electron chi connectivity index (χ4n) is 3.42. The summed E-state index contributed by atoms with van der Waals surface area (Å²) in [5.74, 6) is 0. The van der Waals surface area contributed by atoms with Crippen LogP contribution in [0.2, 0.25) is 0 Å². The molecule has 0 fully saturated rings. The zero-order valence-corrected chi connectivity index (χ0v) is 26.5. The number of hydrogen-bond acceptors (Lipinski definition) is 13. The van der Waals surface area contributed by atoms with Gasteiger partial charge in [0.1, 0.15) is 13.0 Å². The molecule has 23 heteroatoms. The van der Waals surface area contributed by atoms with Crippen LogP contribution < -0.4 is 0 Å². The Labute approximate surface area is 237 Å². The Bertz CT molecular complexity index is 748. The smallest absolute Gasteiger partial charge is 0.328 e. The summed E-state index contributed by atoms with van der Waals surface area (Å²) in [6.45, 7) is 1.09. The maximum atomic E-state index is 11.3. The second-order valence-corrected chi connectivity index (χ2v) is 13.1. The first kappa shape index (κ1) is 40.4. The average molecular weight is 682 g/mol. The molecule has 0 aliphatic carbocycles. The largest absolute Gasteiger partial charge is 0.696 e. The summed E-state index contributed by atoms with van der Waals surface area (Å²) in [7, 11) is -15.3. The molecule has 0 heterocycles. The zero-order chi connectivity index (χ0) is 30.4. The van der Waals surface area contributed by atoms with E-state index in [1.165, 1.54) is 9.80 Å². The standard InChI is InChI=1S/C17H38N3O15P5/c21-36(22)32-13-18(9-5-1-3-7-11-19(14-33-37(23)24)15-34-38(25)26)10-6-2-4-8-12-20(16-35-39(27)28)17-40(29,30)31/h27-28H,1-17H2,(H2-3,21,22,23,24,25,26,29,30,31)/p+3. The number of rotatable bonds is 28. The molecule has 0 saturated heterocycles. The van der Waals surface area contributed by atoms with Crippen LogP contribution in [0, 0.1) is 0 Å². The highest BCUT2D eigenvalue weighted by atomic mass is 31.2. The SMILES string of the molecule is O=[P+](O)OCN(CCCCCCN(CO[P+](=O)O)CO[P+](=O)O)CCCCCCN(COP(O)O)CP(=O)(O)O. The quantitative estimate of drug-likeness (QED) is 0.0354. The second-order valence-electron chi connectivity index (χ2n) is 8.54. The van der Waals surface area contributed by atoms with Gasteiger partial charge in [0.25, 0.3) is 0 Å². The number of hydrogen-bond donors (Lipinski definition) is 7. The van der Waals surface area contributed by atoms with Crippen LogP contribution in [0.15, 0.2) is 0 Å². The Morgan fingerprint density at radius 1 is 0.575 bits per heavy atom. The van der Waals surface area contributed by atoms with E-state index in [-0.39, 0.29) is 26.9 Å². The van der Waals surface area contributed by atoms with Crippen LogP contribution in [-0.4, -0.2) is 108 Å². The van der Waals surface area contributed by atoms with E-state index in [9.17, 15) is 18.3 Å². The van der Waals surface area contributed by atoms with Crippen LogP contribution in [0.5, 0.6) is 0 Å². The van der Waals surface area contributed by atoms with E-state index in [0.29, 0.717) is 39.0 Å². The topological polar surface area (TPSA) is 257 Å². The predicted octanol–water partition coefficient (Wildman–Crippen LogP) is 2.21. The van der Waals surface area contributed by atoms with Crippen molar-refractivity contribution in [2.45, 2.75) is 51.4 Å². The molecule has 0 radical (unpaired) electrons. The van der Waals surface area contributed by atoms with E-state index < -0.39 is 47.2 Å². The van der Waals surface area contributed by atoms with Crippen molar-refractivity contribution in [1.29, 1.82) is 0 Å². The molecular weight excluding hydrogens is 641 g/mol. The molecule has 0 amide bonds. The minimum atomic E-state index is -4.34. The maximum Gasteiger partial charge on any atom is 0.696 e. The van der Waals surface area contributed by atoms with Crippen molar-refractivity contribution >= 4 is 41.0 Å². The van der Waals surface area contributed by atoms with Gasteiger partial charge < -0.3 is 19.6 Å². The van der Waals surface area contributed by atoms with Gasteiger partial charge in [-0.2, -0.15) is 0 Å². The molecule has 0 aliphatic rings. The van der Waals surface area contributed by atoms with Crippen molar-refractivity contribution in [1.82, 2.24) is 14.7 Å². The average Bonchev–Trinajstić information content (AvgIpc) is 2.84. The van der Waals surface area contributed by atoms with E-state index in [2.05, 4.69) is 13.6 Å². The highest BCUT2D eigenvalue weighted by Gasteiger charge is 2.22. The fourth-order valence-corrected chi connectivity index (χ4v) is 5.22. The molecule has 0 aromatic heterocycles. The molecular formula is C17H41N3O15P5+3. The molecule has 0 bridgehead atoms. The van der Waals surface area contributed by atoms with Gasteiger partial charge in [0, 0.05) is 39.9 Å². The van der Waals surface area contributed by atoms with Gasteiger partial charge in [-0.25, -0.2) is 4.90 Å². The summed E-state index contributed by atoms with van der Waals surface area (Å²) in [6.07, 6.45) is 5.29. The van der Waals surface area contributed by atoms with E-state index in [4.69, 9.17) is 38.8 Å². The first-order valence-electron chi connectivity index (χ1n) is 12.2. The molecule has 40 heavy (non-hydrogen) atoms. The zero-order valence-electron chi connectivity index (χ0n) is 22.0. The van der Waals surface area contributed by atoms with Crippen LogP contribution in [0.4, 0.5) is 0 Å². The fraction of sp³-hybridized carbons (Fsp3) is 1.00. The van der Waals surface area contributed by atoms with Crippen LogP contribution in [0.3, 0.4) is 0 Å². The van der Waals surface area contributed by atoms with Gasteiger partial charge in [0.05, 0.1) is 0 Å². The van der Waals surface area contributed by atoms with Gasteiger partial charge in [0.15, 0.2) is 20.2 Å². The first-order valence-corrected chi connectivity index (χ1v) is 18.5. The summed E-state index contributed by atoms with van der Waals surface area (Å²) >= 11 is 0. The second kappa shape index (κ2) is 24.8. The van der Waals surface area contributed by atoms with E-state index in [1.807, 2.05) is 4.90 Å².